The van der Waals surface area contributed by atoms with Gasteiger partial charge in [0.2, 0.25) is 0 Å². The molecule has 5 nitrogen and oxygen atoms in total. The highest BCUT2D eigenvalue weighted by Crippen LogP contribution is 2.29. The summed E-state index contributed by atoms with van der Waals surface area (Å²) in [6.45, 7) is 0. The van der Waals surface area contributed by atoms with Crippen molar-refractivity contribution in [1.82, 2.24) is 0 Å². The van der Waals surface area contributed by atoms with Crippen LogP contribution in [0.15, 0.2) is 120 Å². The van der Waals surface area contributed by atoms with Gasteiger partial charge in [0, 0.05) is 33.3 Å². The molecule has 1 aliphatic rings. The summed E-state index contributed by atoms with van der Waals surface area (Å²) in [4.78, 5) is 37.7. The number of allylic oxidation sites excluding steroid dienone is 2. The first-order valence-electron chi connectivity index (χ1n) is 14.3. The molecule has 1 saturated carbocycles. The van der Waals surface area contributed by atoms with E-state index in [-0.39, 0.29) is 5.78 Å². The zero-order valence-electron chi connectivity index (χ0n) is 24.1. The average molecular weight is 636 g/mol. The van der Waals surface area contributed by atoms with Crippen LogP contribution in [0.5, 0.6) is 11.5 Å². The van der Waals surface area contributed by atoms with Gasteiger partial charge < -0.3 is 9.47 Å². The Morgan fingerprint density at radius 2 is 0.889 bits per heavy atom. The Labute approximate surface area is 271 Å². The van der Waals surface area contributed by atoms with E-state index in [1.807, 2.05) is 36.4 Å². The fourth-order valence-corrected chi connectivity index (χ4v) is 4.87. The minimum atomic E-state index is -0.495. The molecule has 0 atom stereocenters. The number of esters is 2. The van der Waals surface area contributed by atoms with Gasteiger partial charge in [0.1, 0.15) is 11.5 Å². The number of carbonyl (C=O) groups is 3. The van der Waals surface area contributed by atoms with Gasteiger partial charge >= 0.3 is 11.9 Å². The van der Waals surface area contributed by atoms with E-state index in [2.05, 4.69) is 0 Å². The van der Waals surface area contributed by atoms with E-state index in [1.54, 1.807) is 84.9 Å². The summed E-state index contributed by atoms with van der Waals surface area (Å²) < 4.78 is 10.8. The molecule has 224 valence electrons. The molecule has 1 fully saturated rings. The third kappa shape index (κ3) is 9.51. The van der Waals surface area contributed by atoms with Gasteiger partial charge in [-0.15, -0.1) is 0 Å². The van der Waals surface area contributed by atoms with E-state index in [9.17, 15) is 14.4 Å². The summed E-state index contributed by atoms with van der Waals surface area (Å²) in [5, 5.41) is 1.25. The van der Waals surface area contributed by atoms with E-state index in [1.165, 1.54) is 12.2 Å². The monoisotopic (exact) mass is 634 g/mol. The third-order valence-corrected chi connectivity index (χ3v) is 7.42. The number of rotatable bonds is 8. The van der Waals surface area contributed by atoms with Crippen molar-refractivity contribution in [3.63, 3.8) is 0 Å². The summed E-state index contributed by atoms with van der Waals surface area (Å²) in [6, 6.07) is 28.3. The first kappa shape index (κ1) is 31.5. The number of halogens is 2. The maximum atomic E-state index is 13.3. The summed E-state index contributed by atoms with van der Waals surface area (Å²) in [5.41, 5.74) is 4.80. The summed E-state index contributed by atoms with van der Waals surface area (Å²) in [6.07, 6.45) is 12.0. The summed E-state index contributed by atoms with van der Waals surface area (Å²) in [7, 11) is 0. The van der Waals surface area contributed by atoms with Crippen molar-refractivity contribution < 1.29 is 23.9 Å². The van der Waals surface area contributed by atoms with E-state index in [4.69, 9.17) is 32.7 Å². The van der Waals surface area contributed by atoms with Crippen LogP contribution in [0.2, 0.25) is 10.0 Å². The maximum Gasteiger partial charge on any atom is 0.336 e. The lowest BCUT2D eigenvalue weighted by molar-refractivity contribution is -0.129. The predicted octanol–water partition coefficient (Wildman–Crippen LogP) is 9.45. The second-order valence-corrected chi connectivity index (χ2v) is 11.1. The molecular formula is C38H28Cl2O5. The SMILES string of the molecule is O=C(/C=C/c1ccc(Cl)cc1)Oc1ccc(/C=C2/CCC/C(=C\c3ccc(OC(=O)/C=C/c4ccc(Cl)cc4)cc3)C2=O)cc1. The van der Waals surface area contributed by atoms with Crippen LogP contribution < -0.4 is 9.47 Å². The summed E-state index contributed by atoms with van der Waals surface area (Å²) in [5.74, 6) is -0.168. The van der Waals surface area contributed by atoms with Crippen molar-refractivity contribution in [3.05, 3.63) is 153 Å². The van der Waals surface area contributed by atoms with Crippen molar-refractivity contribution in [2.75, 3.05) is 0 Å². The molecule has 4 aromatic carbocycles. The molecule has 0 unspecified atom stereocenters. The van der Waals surface area contributed by atoms with Gasteiger partial charge in [-0.05, 0) is 114 Å². The van der Waals surface area contributed by atoms with Gasteiger partial charge in [-0.1, -0.05) is 71.7 Å². The fourth-order valence-electron chi connectivity index (χ4n) is 4.62. The fraction of sp³-hybridized carbons (Fsp3) is 0.0789. The number of Topliss-reactive ketones (excluding diaryl/α,β-unsaturated/α-hetero) is 1. The molecular weight excluding hydrogens is 607 g/mol. The van der Waals surface area contributed by atoms with Gasteiger partial charge in [0.05, 0.1) is 0 Å². The second-order valence-electron chi connectivity index (χ2n) is 10.3. The molecule has 0 N–H and O–H groups in total. The number of hydrogen-bond acceptors (Lipinski definition) is 5. The van der Waals surface area contributed by atoms with E-state index >= 15 is 0 Å². The van der Waals surface area contributed by atoms with Gasteiger partial charge in [0.25, 0.3) is 0 Å². The molecule has 0 amide bonds. The van der Waals surface area contributed by atoms with Crippen LogP contribution in [-0.2, 0) is 14.4 Å². The Balaban J connectivity index is 1.16. The highest BCUT2D eigenvalue weighted by Gasteiger charge is 2.20. The number of hydrogen-bond donors (Lipinski definition) is 0. The molecule has 0 bridgehead atoms. The van der Waals surface area contributed by atoms with Crippen LogP contribution in [-0.4, -0.2) is 17.7 Å². The second kappa shape index (κ2) is 15.2. The first-order chi connectivity index (χ1) is 21.8. The largest absolute Gasteiger partial charge is 0.423 e. The zero-order valence-corrected chi connectivity index (χ0v) is 25.6. The Hall–Kier alpha value is -4.97. The minimum absolute atomic E-state index is 0.00642. The molecule has 0 heterocycles. The van der Waals surface area contributed by atoms with Crippen molar-refractivity contribution in [2.45, 2.75) is 19.3 Å². The Morgan fingerprint density at radius 1 is 0.533 bits per heavy atom. The number of ketones is 1. The van der Waals surface area contributed by atoms with Crippen LogP contribution in [0.1, 0.15) is 41.5 Å². The molecule has 0 aromatic heterocycles. The lowest BCUT2D eigenvalue weighted by Gasteiger charge is -2.16. The number of benzene rings is 4. The molecule has 1 aliphatic carbocycles. The Kier molecular flexibility index (Phi) is 10.6. The average Bonchev–Trinajstić information content (AvgIpc) is 3.04. The van der Waals surface area contributed by atoms with Crippen molar-refractivity contribution >= 4 is 65.2 Å². The van der Waals surface area contributed by atoms with Crippen LogP contribution >= 0.6 is 23.2 Å². The van der Waals surface area contributed by atoms with Gasteiger partial charge in [-0.3, -0.25) is 4.79 Å². The Bertz CT molecular complexity index is 1660. The maximum absolute atomic E-state index is 13.3. The molecule has 0 aliphatic heterocycles. The smallest absolute Gasteiger partial charge is 0.336 e. The number of ether oxygens (including phenoxy) is 2. The van der Waals surface area contributed by atoms with Crippen LogP contribution in [0.4, 0.5) is 0 Å². The molecule has 45 heavy (non-hydrogen) atoms. The third-order valence-electron chi connectivity index (χ3n) is 6.92. The predicted molar refractivity (Wildman–Crippen MR) is 180 cm³/mol. The van der Waals surface area contributed by atoms with E-state index in [0.717, 1.165) is 39.8 Å². The van der Waals surface area contributed by atoms with Crippen molar-refractivity contribution in [2.24, 2.45) is 0 Å². The van der Waals surface area contributed by atoms with E-state index < -0.39 is 11.9 Å². The van der Waals surface area contributed by atoms with Gasteiger partial charge in [-0.2, -0.15) is 0 Å². The van der Waals surface area contributed by atoms with Gasteiger partial charge in [0.15, 0.2) is 5.78 Å². The quantitative estimate of drug-likeness (QED) is 0.110. The molecule has 5 rings (SSSR count). The van der Waals surface area contributed by atoms with Crippen molar-refractivity contribution in [1.29, 1.82) is 0 Å². The standard InChI is InChI=1S/C38H28Cl2O5/c39-32-14-4-26(5-15-32)12-22-36(41)44-34-18-8-28(9-19-34)24-30-2-1-3-31(38(30)43)25-29-10-20-35(21-11-29)45-37(42)23-13-27-6-16-33(40)17-7-27/h4-25H,1-3H2/b22-12+,23-13+,30-24-,31-25+. The molecule has 0 radical (unpaired) electrons. The lowest BCUT2D eigenvalue weighted by atomic mass is 9.87. The zero-order chi connectivity index (χ0) is 31.6. The topological polar surface area (TPSA) is 69.7 Å². The van der Waals surface area contributed by atoms with Crippen LogP contribution in [0.25, 0.3) is 24.3 Å². The lowest BCUT2D eigenvalue weighted by Crippen LogP contribution is -2.12. The first-order valence-corrected chi connectivity index (χ1v) is 15.0. The molecule has 0 spiro atoms. The van der Waals surface area contributed by atoms with E-state index in [0.29, 0.717) is 34.4 Å². The highest BCUT2D eigenvalue weighted by atomic mass is 35.5. The highest BCUT2D eigenvalue weighted by molar-refractivity contribution is 6.30. The summed E-state index contributed by atoms with van der Waals surface area (Å²) >= 11 is 11.8. The molecule has 7 heteroatoms. The molecule has 4 aromatic rings. The van der Waals surface area contributed by atoms with Crippen LogP contribution in [0.3, 0.4) is 0 Å². The number of carbonyl (C=O) groups excluding carboxylic acids is 3. The molecule has 0 saturated heterocycles. The normalized spacial score (nSPS) is 15.2. The minimum Gasteiger partial charge on any atom is -0.423 e. The van der Waals surface area contributed by atoms with Crippen molar-refractivity contribution in [3.8, 4) is 11.5 Å². The Morgan fingerprint density at radius 3 is 1.27 bits per heavy atom. The van der Waals surface area contributed by atoms with Crippen LogP contribution in [0, 0.1) is 0 Å². The van der Waals surface area contributed by atoms with Gasteiger partial charge in [-0.25, -0.2) is 9.59 Å².